The summed E-state index contributed by atoms with van der Waals surface area (Å²) in [4.78, 5) is 9.43. The molecule has 4 rings (SSSR count). The summed E-state index contributed by atoms with van der Waals surface area (Å²) < 4.78 is 14.5. The van der Waals surface area contributed by atoms with E-state index in [1.807, 2.05) is 12.1 Å². The van der Waals surface area contributed by atoms with Crippen LogP contribution in [0.1, 0.15) is 26.7 Å². The number of aromatic nitrogens is 1. The molecule has 2 aliphatic heterocycles. The molecule has 0 amide bonds. The van der Waals surface area contributed by atoms with Gasteiger partial charge < -0.3 is 19.0 Å². The van der Waals surface area contributed by atoms with Gasteiger partial charge in [0.25, 0.3) is 0 Å². The molecule has 160 valence electrons. The minimum absolute atomic E-state index is 0.698. The van der Waals surface area contributed by atoms with E-state index in [9.17, 15) is 0 Å². The van der Waals surface area contributed by atoms with Gasteiger partial charge in [-0.15, -0.1) is 0 Å². The molecule has 0 spiro atoms. The predicted molar refractivity (Wildman–Crippen MR) is 122 cm³/mol. The molecular formula is C24H33N4O2+. The monoisotopic (exact) mass is 409 g/mol. The molecular weight excluding hydrogens is 376 g/mol. The van der Waals surface area contributed by atoms with E-state index in [1.54, 1.807) is 0 Å². The number of ether oxygens (including phenoxy) is 1. The fourth-order valence-electron chi connectivity index (χ4n) is 3.96. The van der Waals surface area contributed by atoms with Crippen LogP contribution in [-0.2, 0) is 0 Å². The van der Waals surface area contributed by atoms with Crippen LogP contribution in [0.2, 0.25) is 0 Å². The average molecular weight is 410 g/mol. The summed E-state index contributed by atoms with van der Waals surface area (Å²) in [5.74, 6) is 1.69. The van der Waals surface area contributed by atoms with Gasteiger partial charge in [-0.2, -0.15) is 0 Å². The highest BCUT2D eigenvalue weighted by Gasteiger charge is 2.19. The number of fused-ring (bicyclic) bond motifs is 3. The van der Waals surface area contributed by atoms with Gasteiger partial charge in [0.15, 0.2) is 17.9 Å². The largest absolute Gasteiger partial charge is 0.489 e. The van der Waals surface area contributed by atoms with Crippen LogP contribution >= 0.6 is 0 Å². The van der Waals surface area contributed by atoms with E-state index in [-0.39, 0.29) is 0 Å². The summed E-state index contributed by atoms with van der Waals surface area (Å²) in [7, 11) is 4.28. The topological polar surface area (TPSA) is 44.8 Å². The number of likely N-dealkylation sites (N-methyl/N-ethyl adjacent to an activating group) is 3. The molecule has 0 fully saturated rings. The van der Waals surface area contributed by atoms with E-state index < -0.39 is 0 Å². The molecule has 0 N–H and O–H groups in total. The van der Waals surface area contributed by atoms with Crippen molar-refractivity contribution >= 4 is 16.8 Å². The number of unbranched alkanes of at least 4 members (excludes halogenated alkanes) is 1. The highest BCUT2D eigenvalue weighted by molar-refractivity contribution is 5.84. The average Bonchev–Trinajstić information content (AvgIpc) is 2.75. The third-order valence-corrected chi connectivity index (χ3v) is 5.93. The zero-order valence-electron chi connectivity index (χ0n) is 18.6. The highest BCUT2D eigenvalue weighted by Crippen LogP contribution is 2.36. The lowest BCUT2D eigenvalue weighted by atomic mass is 10.2. The van der Waals surface area contributed by atoms with Crippen LogP contribution in [0.5, 0.6) is 5.75 Å². The van der Waals surface area contributed by atoms with Crippen molar-refractivity contribution in [3.63, 3.8) is 0 Å². The number of rotatable bonds is 7. The van der Waals surface area contributed by atoms with Crippen LogP contribution in [0.25, 0.3) is 22.6 Å². The molecule has 1 aromatic carbocycles. The zero-order valence-corrected chi connectivity index (χ0v) is 18.6. The molecule has 30 heavy (non-hydrogen) atoms. The van der Waals surface area contributed by atoms with E-state index in [1.165, 1.54) is 18.2 Å². The normalized spacial score (nSPS) is 14.9. The Morgan fingerprint density at radius 3 is 2.83 bits per heavy atom. The SMILES string of the molecule is CCCCN(C)CC[N+](CC)=c1ccc2nc3cc4c(cc3oc-2c1)N(C)CCO4. The number of hydrogen-bond donors (Lipinski definition) is 0. The second-order valence-corrected chi connectivity index (χ2v) is 8.16. The van der Waals surface area contributed by atoms with Crippen molar-refractivity contribution in [1.82, 2.24) is 14.5 Å². The third-order valence-electron chi connectivity index (χ3n) is 5.93. The minimum atomic E-state index is 0.698. The van der Waals surface area contributed by atoms with Gasteiger partial charge >= 0.3 is 0 Å². The summed E-state index contributed by atoms with van der Waals surface area (Å²) >= 11 is 0. The maximum absolute atomic E-state index is 6.29. The lowest BCUT2D eigenvalue weighted by Crippen LogP contribution is -2.36. The Kier molecular flexibility index (Phi) is 6.23. The summed E-state index contributed by atoms with van der Waals surface area (Å²) in [6.45, 7) is 10.2. The highest BCUT2D eigenvalue weighted by atomic mass is 16.5. The third kappa shape index (κ3) is 4.29. The van der Waals surface area contributed by atoms with E-state index in [4.69, 9.17) is 14.1 Å². The smallest absolute Gasteiger partial charge is 0.203 e. The lowest BCUT2D eigenvalue weighted by molar-refractivity contribution is 0.311. The van der Waals surface area contributed by atoms with Gasteiger partial charge in [0.2, 0.25) is 5.36 Å². The van der Waals surface area contributed by atoms with Crippen molar-refractivity contribution < 1.29 is 9.15 Å². The van der Waals surface area contributed by atoms with Crippen molar-refractivity contribution in [1.29, 1.82) is 0 Å². The standard InChI is InChI=1S/C24H33N4O2/c1-5-7-10-26(3)11-12-28(6-2)18-8-9-19-22(15-18)30-23-17-21-24(16-20(23)25-19)29-14-13-27(21)4/h8-9,15-17H,5-7,10-14H2,1-4H3/q+1. The molecule has 0 radical (unpaired) electrons. The van der Waals surface area contributed by atoms with Gasteiger partial charge in [-0.3, -0.25) is 0 Å². The Balaban J connectivity index is 1.69. The molecule has 0 atom stereocenters. The molecule has 0 aromatic heterocycles. The van der Waals surface area contributed by atoms with E-state index in [0.29, 0.717) is 6.61 Å². The fraction of sp³-hybridized carbons (Fsp3) is 0.500. The lowest BCUT2D eigenvalue weighted by Gasteiger charge is -2.27. The summed E-state index contributed by atoms with van der Waals surface area (Å²) in [5.41, 5.74) is 3.54. The molecule has 6 nitrogen and oxygen atoms in total. The Hall–Kier alpha value is -2.60. The molecule has 3 aliphatic rings. The maximum atomic E-state index is 6.29. The van der Waals surface area contributed by atoms with Crippen molar-refractivity contribution in [3.05, 3.63) is 35.7 Å². The van der Waals surface area contributed by atoms with Crippen LogP contribution in [0.3, 0.4) is 0 Å². The van der Waals surface area contributed by atoms with Crippen molar-refractivity contribution in [2.75, 3.05) is 58.3 Å². The van der Waals surface area contributed by atoms with E-state index in [0.717, 1.165) is 66.7 Å². The number of anilines is 1. The van der Waals surface area contributed by atoms with E-state index >= 15 is 0 Å². The molecule has 1 aliphatic carbocycles. The van der Waals surface area contributed by atoms with Gasteiger partial charge in [-0.25, -0.2) is 9.56 Å². The van der Waals surface area contributed by atoms with Gasteiger partial charge in [-0.1, -0.05) is 13.3 Å². The number of hydrogen-bond acceptors (Lipinski definition) is 5. The van der Waals surface area contributed by atoms with Gasteiger partial charge in [0, 0.05) is 25.2 Å². The second kappa shape index (κ2) is 9.04. The Labute approximate surface area is 178 Å². The van der Waals surface area contributed by atoms with Crippen LogP contribution in [0, 0.1) is 0 Å². The molecule has 0 bridgehead atoms. The number of benzene rings is 2. The molecule has 6 heteroatoms. The van der Waals surface area contributed by atoms with Gasteiger partial charge in [0.1, 0.15) is 30.1 Å². The van der Waals surface area contributed by atoms with Crippen LogP contribution < -0.4 is 19.6 Å². The molecule has 0 saturated carbocycles. The summed E-state index contributed by atoms with van der Waals surface area (Å²) in [6, 6.07) is 10.4. The Morgan fingerprint density at radius 2 is 2.03 bits per heavy atom. The quantitative estimate of drug-likeness (QED) is 0.443. The van der Waals surface area contributed by atoms with Crippen molar-refractivity contribution in [3.8, 4) is 17.2 Å². The molecule has 1 aromatic rings. The van der Waals surface area contributed by atoms with Gasteiger partial charge in [-0.05, 0) is 33.0 Å². The molecule has 0 saturated heterocycles. The number of nitrogens with zero attached hydrogens (tertiary/aromatic N) is 4. The van der Waals surface area contributed by atoms with E-state index in [2.05, 4.69) is 60.5 Å². The first-order valence-corrected chi connectivity index (χ1v) is 11.1. The first kappa shape index (κ1) is 20.7. The minimum Gasteiger partial charge on any atom is -0.489 e. The van der Waals surface area contributed by atoms with Crippen LogP contribution in [-0.4, -0.2) is 63.3 Å². The summed E-state index contributed by atoms with van der Waals surface area (Å²) in [6.07, 6.45) is 2.49. The summed E-state index contributed by atoms with van der Waals surface area (Å²) in [5, 5.41) is 1.18. The second-order valence-electron chi connectivity index (χ2n) is 8.16. The van der Waals surface area contributed by atoms with Crippen molar-refractivity contribution in [2.45, 2.75) is 26.7 Å². The first-order chi connectivity index (χ1) is 14.6. The van der Waals surface area contributed by atoms with Gasteiger partial charge in [0.05, 0.1) is 24.8 Å². The van der Waals surface area contributed by atoms with Crippen LogP contribution in [0.4, 0.5) is 5.69 Å². The zero-order chi connectivity index (χ0) is 21.1. The maximum Gasteiger partial charge on any atom is 0.203 e. The van der Waals surface area contributed by atoms with Crippen molar-refractivity contribution in [2.24, 2.45) is 0 Å². The van der Waals surface area contributed by atoms with Crippen LogP contribution in [0.15, 0.2) is 34.7 Å². The molecule has 0 unspecified atom stereocenters. The molecule has 2 heterocycles. The first-order valence-electron chi connectivity index (χ1n) is 11.1. The predicted octanol–water partition coefficient (Wildman–Crippen LogP) is 3.29. The Bertz CT molecular complexity index is 1060. The Morgan fingerprint density at radius 1 is 1.17 bits per heavy atom. The fourth-order valence-corrected chi connectivity index (χ4v) is 3.96.